The summed E-state index contributed by atoms with van der Waals surface area (Å²) in [4.78, 5) is 26.1. The van der Waals surface area contributed by atoms with E-state index in [1.54, 1.807) is 12.1 Å². The lowest BCUT2D eigenvalue weighted by Gasteiger charge is -2.36. The number of carboxylic acids is 1. The van der Waals surface area contributed by atoms with Crippen molar-refractivity contribution in [3.05, 3.63) is 65.2 Å². The zero-order valence-electron chi connectivity index (χ0n) is 14.9. The molecule has 0 amide bonds. The van der Waals surface area contributed by atoms with Crippen molar-refractivity contribution < 1.29 is 14.7 Å². The standard InChI is InChI=1S/C21H24N2O3/c1-15(24)21(22,17-11-9-16(10-12-17)20(25)26)18-7-3-4-8-19(18)23-13-5-2-6-14-23/h3-4,7-12H,2,5-6,13-14,22H2,1H3,(H,25,26). The topological polar surface area (TPSA) is 83.6 Å². The van der Waals surface area contributed by atoms with Gasteiger partial charge >= 0.3 is 5.97 Å². The fourth-order valence-electron chi connectivity index (χ4n) is 3.64. The Morgan fingerprint density at radius 3 is 2.19 bits per heavy atom. The summed E-state index contributed by atoms with van der Waals surface area (Å²) in [5.41, 5.74) is 7.89. The summed E-state index contributed by atoms with van der Waals surface area (Å²) in [5, 5.41) is 9.11. The molecule has 136 valence electrons. The van der Waals surface area contributed by atoms with E-state index in [1.165, 1.54) is 25.5 Å². The molecule has 26 heavy (non-hydrogen) atoms. The molecular formula is C21H24N2O3. The van der Waals surface area contributed by atoms with Crippen LogP contribution in [0.5, 0.6) is 0 Å². The number of hydrogen-bond donors (Lipinski definition) is 2. The molecule has 1 fully saturated rings. The van der Waals surface area contributed by atoms with Crippen LogP contribution in [-0.2, 0) is 10.3 Å². The van der Waals surface area contributed by atoms with Crippen LogP contribution >= 0.6 is 0 Å². The van der Waals surface area contributed by atoms with Crippen molar-refractivity contribution in [3.8, 4) is 0 Å². The van der Waals surface area contributed by atoms with E-state index >= 15 is 0 Å². The number of hydrogen-bond acceptors (Lipinski definition) is 4. The average Bonchev–Trinajstić information content (AvgIpc) is 2.68. The second-order valence-electron chi connectivity index (χ2n) is 6.81. The molecule has 2 aromatic rings. The van der Waals surface area contributed by atoms with Crippen molar-refractivity contribution in [2.24, 2.45) is 5.73 Å². The van der Waals surface area contributed by atoms with Gasteiger partial charge in [0.25, 0.3) is 0 Å². The Hall–Kier alpha value is -2.66. The maximum absolute atomic E-state index is 12.7. The molecule has 1 aliphatic rings. The molecule has 1 saturated heterocycles. The summed E-state index contributed by atoms with van der Waals surface area (Å²) >= 11 is 0. The van der Waals surface area contributed by atoms with Crippen LogP contribution in [0.4, 0.5) is 5.69 Å². The number of piperidine rings is 1. The number of carbonyl (C=O) groups is 2. The number of anilines is 1. The summed E-state index contributed by atoms with van der Waals surface area (Å²) in [5.74, 6) is -1.18. The minimum absolute atomic E-state index is 0.170. The van der Waals surface area contributed by atoms with Crippen LogP contribution in [0.25, 0.3) is 0 Å². The van der Waals surface area contributed by atoms with Crippen LogP contribution in [0.1, 0.15) is 47.7 Å². The van der Waals surface area contributed by atoms with Gasteiger partial charge in [-0.15, -0.1) is 0 Å². The van der Waals surface area contributed by atoms with Crippen LogP contribution in [0.15, 0.2) is 48.5 Å². The van der Waals surface area contributed by atoms with E-state index < -0.39 is 11.5 Å². The fourth-order valence-corrected chi connectivity index (χ4v) is 3.64. The number of carbonyl (C=O) groups excluding carboxylic acids is 1. The molecule has 0 saturated carbocycles. The number of benzene rings is 2. The quantitative estimate of drug-likeness (QED) is 0.863. The minimum Gasteiger partial charge on any atom is -0.478 e. The van der Waals surface area contributed by atoms with E-state index in [0.717, 1.165) is 37.2 Å². The second kappa shape index (κ2) is 7.30. The Morgan fingerprint density at radius 1 is 1.00 bits per heavy atom. The van der Waals surface area contributed by atoms with Crippen LogP contribution in [-0.4, -0.2) is 29.9 Å². The third-order valence-corrected chi connectivity index (χ3v) is 5.17. The molecule has 0 aromatic heterocycles. The Bertz CT molecular complexity index is 810. The van der Waals surface area contributed by atoms with Gasteiger partial charge in [-0.2, -0.15) is 0 Å². The van der Waals surface area contributed by atoms with Gasteiger partial charge in [0.15, 0.2) is 5.78 Å². The van der Waals surface area contributed by atoms with E-state index in [2.05, 4.69) is 4.90 Å². The van der Waals surface area contributed by atoms with Crippen LogP contribution in [0, 0.1) is 0 Å². The van der Waals surface area contributed by atoms with Crippen molar-refractivity contribution in [2.45, 2.75) is 31.7 Å². The lowest BCUT2D eigenvalue weighted by molar-refractivity contribution is -0.120. The van der Waals surface area contributed by atoms with Gasteiger partial charge in [0.05, 0.1) is 5.56 Å². The smallest absolute Gasteiger partial charge is 0.335 e. The minimum atomic E-state index is -1.31. The highest BCUT2D eigenvalue weighted by molar-refractivity contribution is 5.94. The van der Waals surface area contributed by atoms with E-state index in [-0.39, 0.29) is 11.3 Å². The van der Waals surface area contributed by atoms with E-state index in [9.17, 15) is 9.59 Å². The zero-order chi connectivity index (χ0) is 18.7. The van der Waals surface area contributed by atoms with Crippen molar-refractivity contribution >= 4 is 17.4 Å². The summed E-state index contributed by atoms with van der Waals surface area (Å²) in [7, 11) is 0. The van der Waals surface area contributed by atoms with Crippen molar-refractivity contribution in [3.63, 3.8) is 0 Å². The predicted octanol–water partition coefficient (Wildman–Crippen LogP) is 3.17. The summed E-state index contributed by atoms with van der Waals surface area (Å²) < 4.78 is 0. The lowest BCUT2D eigenvalue weighted by Crippen LogP contribution is -2.46. The van der Waals surface area contributed by atoms with Gasteiger partial charge < -0.3 is 15.7 Å². The number of para-hydroxylation sites is 1. The normalized spacial score (nSPS) is 16.8. The molecule has 1 aliphatic heterocycles. The highest BCUT2D eigenvalue weighted by Gasteiger charge is 2.38. The fraction of sp³-hybridized carbons (Fsp3) is 0.333. The maximum Gasteiger partial charge on any atom is 0.335 e. The van der Waals surface area contributed by atoms with E-state index in [1.807, 2.05) is 24.3 Å². The Kier molecular flexibility index (Phi) is 5.09. The van der Waals surface area contributed by atoms with Gasteiger partial charge in [0.2, 0.25) is 0 Å². The molecule has 3 N–H and O–H groups in total. The molecule has 0 bridgehead atoms. The molecule has 0 radical (unpaired) electrons. The van der Waals surface area contributed by atoms with Crippen molar-refractivity contribution in [1.82, 2.24) is 0 Å². The first-order valence-corrected chi connectivity index (χ1v) is 8.93. The first-order valence-electron chi connectivity index (χ1n) is 8.93. The van der Waals surface area contributed by atoms with Gasteiger partial charge in [0.1, 0.15) is 5.54 Å². The Labute approximate surface area is 153 Å². The number of ketones is 1. The molecular weight excluding hydrogens is 328 g/mol. The number of carboxylic acid groups (broad SMARTS) is 1. The molecule has 5 heteroatoms. The Balaban J connectivity index is 2.10. The molecule has 2 aromatic carbocycles. The number of nitrogens with zero attached hydrogens (tertiary/aromatic N) is 1. The summed E-state index contributed by atoms with van der Waals surface area (Å²) in [6, 6.07) is 14.0. The monoisotopic (exact) mass is 352 g/mol. The maximum atomic E-state index is 12.7. The molecule has 1 heterocycles. The van der Waals surface area contributed by atoms with Gasteiger partial charge in [-0.05, 0) is 49.9 Å². The molecule has 5 nitrogen and oxygen atoms in total. The Morgan fingerprint density at radius 2 is 1.62 bits per heavy atom. The van der Waals surface area contributed by atoms with Gasteiger partial charge in [-0.1, -0.05) is 30.3 Å². The van der Waals surface area contributed by atoms with Crippen molar-refractivity contribution in [2.75, 3.05) is 18.0 Å². The number of nitrogens with two attached hydrogens (primary N) is 1. The first kappa shape index (κ1) is 18.1. The summed E-state index contributed by atoms with van der Waals surface area (Å²) in [6.45, 7) is 3.38. The molecule has 0 aliphatic carbocycles. The number of Topliss-reactive ketones (excluding diaryl/α,β-unsaturated/α-hetero) is 1. The van der Waals surface area contributed by atoms with Crippen LogP contribution < -0.4 is 10.6 Å². The SMILES string of the molecule is CC(=O)C(N)(c1ccc(C(=O)O)cc1)c1ccccc1N1CCCCC1. The van der Waals surface area contributed by atoms with Gasteiger partial charge in [-0.25, -0.2) is 4.79 Å². The van der Waals surface area contributed by atoms with Crippen LogP contribution in [0.2, 0.25) is 0 Å². The van der Waals surface area contributed by atoms with Gasteiger partial charge in [0, 0.05) is 24.3 Å². The number of rotatable bonds is 5. The second-order valence-corrected chi connectivity index (χ2v) is 6.81. The lowest BCUT2D eigenvalue weighted by atomic mass is 9.79. The third kappa shape index (κ3) is 3.22. The van der Waals surface area contributed by atoms with Gasteiger partial charge in [-0.3, -0.25) is 4.79 Å². The highest BCUT2D eigenvalue weighted by atomic mass is 16.4. The van der Waals surface area contributed by atoms with Crippen LogP contribution in [0.3, 0.4) is 0 Å². The molecule has 1 unspecified atom stereocenters. The van der Waals surface area contributed by atoms with E-state index in [0.29, 0.717) is 5.56 Å². The zero-order valence-corrected chi connectivity index (χ0v) is 14.9. The number of aromatic carboxylic acids is 1. The van der Waals surface area contributed by atoms with E-state index in [4.69, 9.17) is 10.8 Å². The highest BCUT2D eigenvalue weighted by Crippen LogP contribution is 2.36. The predicted molar refractivity (Wildman–Crippen MR) is 102 cm³/mol. The molecule has 1 atom stereocenters. The first-order chi connectivity index (χ1) is 12.4. The average molecular weight is 352 g/mol. The third-order valence-electron chi connectivity index (χ3n) is 5.17. The molecule has 0 spiro atoms. The summed E-state index contributed by atoms with van der Waals surface area (Å²) in [6.07, 6.45) is 3.47. The van der Waals surface area contributed by atoms with Crippen molar-refractivity contribution in [1.29, 1.82) is 0 Å². The molecule has 3 rings (SSSR count). The largest absolute Gasteiger partial charge is 0.478 e.